The standard InChI is InChI=1S/C17H18ClN3O2/c1-11-9-21(15-6-5-13(19)8-16(15)23-11)10-17(22)20-14-4-2-3-12(18)7-14/h2-8,11H,9-10,19H2,1H3,(H,20,22). The van der Waals surface area contributed by atoms with Gasteiger partial charge < -0.3 is 20.7 Å². The predicted octanol–water partition coefficient (Wildman–Crippen LogP) is 3.15. The van der Waals surface area contributed by atoms with Gasteiger partial charge in [-0.1, -0.05) is 17.7 Å². The number of hydrogen-bond acceptors (Lipinski definition) is 4. The molecule has 120 valence electrons. The molecule has 1 aliphatic heterocycles. The third-order valence-electron chi connectivity index (χ3n) is 3.57. The zero-order valence-electron chi connectivity index (χ0n) is 12.8. The highest BCUT2D eigenvalue weighted by Crippen LogP contribution is 2.34. The van der Waals surface area contributed by atoms with E-state index in [1.807, 2.05) is 17.9 Å². The number of halogens is 1. The highest BCUT2D eigenvalue weighted by atomic mass is 35.5. The number of fused-ring (bicyclic) bond motifs is 1. The maximum atomic E-state index is 12.3. The fraction of sp³-hybridized carbons (Fsp3) is 0.235. The van der Waals surface area contributed by atoms with Gasteiger partial charge in [0.05, 0.1) is 18.8 Å². The molecule has 0 saturated heterocycles. The molecular weight excluding hydrogens is 314 g/mol. The van der Waals surface area contributed by atoms with Crippen LogP contribution >= 0.6 is 11.6 Å². The lowest BCUT2D eigenvalue weighted by atomic mass is 10.2. The Kier molecular flexibility index (Phi) is 4.30. The number of hydrogen-bond donors (Lipinski definition) is 2. The molecule has 0 radical (unpaired) electrons. The van der Waals surface area contributed by atoms with Crippen LogP contribution in [0.2, 0.25) is 5.02 Å². The Hall–Kier alpha value is -2.40. The minimum Gasteiger partial charge on any atom is -0.487 e. The average Bonchev–Trinajstić information content (AvgIpc) is 2.46. The summed E-state index contributed by atoms with van der Waals surface area (Å²) in [6.45, 7) is 2.84. The van der Waals surface area contributed by atoms with Crippen molar-refractivity contribution in [2.45, 2.75) is 13.0 Å². The van der Waals surface area contributed by atoms with Crippen LogP contribution in [0.4, 0.5) is 17.1 Å². The van der Waals surface area contributed by atoms with E-state index < -0.39 is 0 Å². The van der Waals surface area contributed by atoms with E-state index in [4.69, 9.17) is 22.1 Å². The summed E-state index contributed by atoms with van der Waals surface area (Å²) in [6.07, 6.45) is -0.0109. The van der Waals surface area contributed by atoms with Crippen LogP contribution in [-0.4, -0.2) is 25.1 Å². The number of nitrogens with zero attached hydrogens (tertiary/aromatic N) is 1. The molecule has 0 fully saturated rings. The van der Waals surface area contributed by atoms with Crippen LogP contribution in [-0.2, 0) is 4.79 Å². The lowest BCUT2D eigenvalue weighted by Gasteiger charge is -2.34. The van der Waals surface area contributed by atoms with Gasteiger partial charge in [-0.2, -0.15) is 0 Å². The minimum absolute atomic E-state index is 0.0109. The van der Waals surface area contributed by atoms with Gasteiger partial charge in [-0.25, -0.2) is 0 Å². The van der Waals surface area contributed by atoms with Crippen molar-refractivity contribution in [3.63, 3.8) is 0 Å². The van der Waals surface area contributed by atoms with E-state index in [9.17, 15) is 4.79 Å². The summed E-state index contributed by atoms with van der Waals surface area (Å²) in [5.74, 6) is 0.600. The van der Waals surface area contributed by atoms with E-state index in [0.717, 1.165) is 5.69 Å². The number of carbonyl (C=O) groups excluding carboxylic acids is 1. The summed E-state index contributed by atoms with van der Waals surface area (Å²) in [5.41, 5.74) is 8.00. The van der Waals surface area contributed by atoms with Gasteiger partial charge in [0.1, 0.15) is 11.9 Å². The van der Waals surface area contributed by atoms with E-state index in [0.29, 0.717) is 28.7 Å². The molecule has 2 aromatic carbocycles. The smallest absolute Gasteiger partial charge is 0.243 e. The van der Waals surface area contributed by atoms with E-state index in [1.165, 1.54) is 0 Å². The van der Waals surface area contributed by atoms with Crippen LogP contribution in [0.5, 0.6) is 5.75 Å². The molecule has 3 rings (SSSR count). The van der Waals surface area contributed by atoms with Gasteiger partial charge in [-0.05, 0) is 37.3 Å². The third-order valence-corrected chi connectivity index (χ3v) is 3.81. The molecule has 23 heavy (non-hydrogen) atoms. The van der Waals surface area contributed by atoms with Gasteiger partial charge in [0.25, 0.3) is 0 Å². The lowest BCUT2D eigenvalue weighted by molar-refractivity contribution is -0.115. The molecule has 1 amide bonds. The van der Waals surface area contributed by atoms with Crippen molar-refractivity contribution >= 4 is 34.6 Å². The quantitative estimate of drug-likeness (QED) is 0.848. The molecule has 3 N–H and O–H groups in total. The highest BCUT2D eigenvalue weighted by molar-refractivity contribution is 6.30. The van der Waals surface area contributed by atoms with Crippen molar-refractivity contribution < 1.29 is 9.53 Å². The number of nitrogens with two attached hydrogens (primary N) is 1. The van der Waals surface area contributed by atoms with Gasteiger partial charge in [0.15, 0.2) is 0 Å². The molecule has 6 heteroatoms. The molecule has 2 aromatic rings. The Morgan fingerprint density at radius 2 is 2.22 bits per heavy atom. The lowest BCUT2D eigenvalue weighted by Crippen LogP contribution is -2.42. The molecule has 5 nitrogen and oxygen atoms in total. The van der Waals surface area contributed by atoms with Crippen LogP contribution in [0.25, 0.3) is 0 Å². The van der Waals surface area contributed by atoms with Gasteiger partial charge in [-0.15, -0.1) is 0 Å². The Labute approximate surface area is 140 Å². The van der Waals surface area contributed by atoms with Gasteiger partial charge in [0.2, 0.25) is 5.91 Å². The summed E-state index contributed by atoms with van der Waals surface area (Å²) in [5, 5.41) is 3.44. The van der Waals surface area contributed by atoms with Crippen molar-refractivity contribution in [1.82, 2.24) is 0 Å². The van der Waals surface area contributed by atoms with Crippen LogP contribution < -0.4 is 20.7 Å². The minimum atomic E-state index is -0.107. The molecule has 0 aromatic heterocycles. The first-order chi connectivity index (χ1) is 11.0. The number of rotatable bonds is 3. The summed E-state index contributed by atoms with van der Waals surface area (Å²) in [4.78, 5) is 14.3. The average molecular weight is 332 g/mol. The summed E-state index contributed by atoms with van der Waals surface area (Å²) >= 11 is 5.93. The van der Waals surface area contributed by atoms with Gasteiger partial charge in [0, 0.05) is 22.5 Å². The molecule has 0 bridgehead atoms. The first kappa shape index (κ1) is 15.5. The van der Waals surface area contributed by atoms with Crippen LogP contribution in [0.3, 0.4) is 0 Å². The fourth-order valence-electron chi connectivity index (χ4n) is 2.64. The fourth-order valence-corrected chi connectivity index (χ4v) is 2.83. The second kappa shape index (κ2) is 6.38. The maximum Gasteiger partial charge on any atom is 0.243 e. The number of anilines is 3. The van der Waals surface area contributed by atoms with Gasteiger partial charge >= 0.3 is 0 Å². The molecule has 0 aliphatic carbocycles. The summed E-state index contributed by atoms with van der Waals surface area (Å²) < 4.78 is 5.79. The summed E-state index contributed by atoms with van der Waals surface area (Å²) in [7, 11) is 0. The van der Waals surface area contributed by atoms with Crippen LogP contribution in [0.1, 0.15) is 6.92 Å². The second-order valence-electron chi connectivity index (χ2n) is 5.59. The van der Waals surface area contributed by atoms with E-state index in [-0.39, 0.29) is 18.6 Å². The van der Waals surface area contributed by atoms with Crippen LogP contribution in [0.15, 0.2) is 42.5 Å². The maximum absolute atomic E-state index is 12.3. The molecule has 1 heterocycles. The second-order valence-corrected chi connectivity index (χ2v) is 6.03. The van der Waals surface area contributed by atoms with Crippen LogP contribution in [0, 0.1) is 0 Å². The van der Waals surface area contributed by atoms with Crippen molar-refractivity contribution in [3.05, 3.63) is 47.5 Å². The van der Waals surface area contributed by atoms with Gasteiger partial charge in [-0.3, -0.25) is 4.79 Å². The van der Waals surface area contributed by atoms with Crippen molar-refractivity contribution in [1.29, 1.82) is 0 Å². The Balaban J connectivity index is 1.74. The number of ether oxygens (including phenoxy) is 1. The molecule has 1 aliphatic rings. The monoisotopic (exact) mass is 331 g/mol. The number of benzene rings is 2. The molecule has 0 saturated carbocycles. The summed E-state index contributed by atoms with van der Waals surface area (Å²) in [6, 6.07) is 12.6. The van der Waals surface area contributed by atoms with Crippen molar-refractivity contribution in [3.8, 4) is 5.75 Å². The molecule has 1 unspecified atom stereocenters. The largest absolute Gasteiger partial charge is 0.487 e. The normalized spacial score (nSPS) is 16.4. The predicted molar refractivity (Wildman–Crippen MR) is 93.2 cm³/mol. The zero-order valence-corrected chi connectivity index (χ0v) is 13.5. The highest BCUT2D eigenvalue weighted by Gasteiger charge is 2.24. The molecule has 1 atom stereocenters. The number of amides is 1. The molecular formula is C17H18ClN3O2. The van der Waals surface area contributed by atoms with E-state index >= 15 is 0 Å². The molecule has 0 spiro atoms. The number of carbonyl (C=O) groups is 1. The van der Waals surface area contributed by atoms with E-state index in [2.05, 4.69) is 5.32 Å². The zero-order chi connectivity index (χ0) is 16.4. The number of nitrogens with one attached hydrogen (secondary N) is 1. The van der Waals surface area contributed by atoms with E-state index in [1.54, 1.807) is 36.4 Å². The van der Waals surface area contributed by atoms with Crippen molar-refractivity contribution in [2.24, 2.45) is 0 Å². The number of nitrogen functional groups attached to an aromatic ring is 1. The Morgan fingerprint density at radius 1 is 1.39 bits per heavy atom. The SMILES string of the molecule is CC1CN(CC(=O)Nc2cccc(Cl)c2)c2ccc(N)cc2O1. The van der Waals surface area contributed by atoms with Crippen molar-refractivity contribution in [2.75, 3.05) is 29.0 Å². The first-order valence-corrected chi connectivity index (χ1v) is 7.75. The topological polar surface area (TPSA) is 67.6 Å². The Morgan fingerprint density at radius 3 is 3.00 bits per heavy atom. The Bertz CT molecular complexity index is 736. The third kappa shape index (κ3) is 3.68. The first-order valence-electron chi connectivity index (χ1n) is 7.38.